The van der Waals surface area contributed by atoms with Crippen molar-refractivity contribution >= 4 is 33.4 Å². The summed E-state index contributed by atoms with van der Waals surface area (Å²) in [6, 6.07) is 2.15. The fourth-order valence-electron chi connectivity index (χ4n) is 1.69. The zero-order valence-electron chi connectivity index (χ0n) is 12.1. The number of nitrogens with one attached hydrogen (secondary N) is 1. The molecule has 2 aromatic rings. The van der Waals surface area contributed by atoms with Gasteiger partial charge in [-0.2, -0.15) is 5.26 Å². The average molecular weight is 319 g/mol. The molecule has 21 heavy (non-hydrogen) atoms. The summed E-state index contributed by atoms with van der Waals surface area (Å²) >= 11 is 2.99. The third-order valence-electron chi connectivity index (χ3n) is 2.77. The highest BCUT2D eigenvalue weighted by Crippen LogP contribution is 2.21. The lowest BCUT2D eigenvalue weighted by Gasteiger charge is -1.95. The van der Waals surface area contributed by atoms with Gasteiger partial charge in [0.05, 0.1) is 0 Å². The summed E-state index contributed by atoms with van der Waals surface area (Å²) in [5.41, 5.74) is 1.43. The molecule has 2 rings (SSSR count). The first kappa shape index (κ1) is 15.6. The largest absolute Gasteiger partial charge is 0.335 e. The van der Waals surface area contributed by atoms with Crippen LogP contribution in [-0.2, 0) is 6.42 Å². The van der Waals surface area contributed by atoms with Crippen molar-refractivity contribution in [3.63, 3.8) is 0 Å². The Bertz CT molecular complexity index is 650. The molecule has 0 aliphatic heterocycles. The minimum Gasteiger partial charge on any atom is -0.335 e. The fourth-order valence-corrected chi connectivity index (χ4v) is 3.21. The van der Waals surface area contributed by atoms with Crippen LogP contribution in [0.4, 0.5) is 5.13 Å². The number of hydrogen-bond donors (Lipinski definition) is 1. The summed E-state index contributed by atoms with van der Waals surface area (Å²) in [6.45, 7) is 4.09. The Morgan fingerprint density at radius 3 is 2.95 bits per heavy atom. The molecule has 0 amide bonds. The third kappa shape index (κ3) is 4.62. The molecule has 7 heteroatoms. The van der Waals surface area contributed by atoms with E-state index in [1.165, 1.54) is 35.5 Å². The molecule has 0 aliphatic carbocycles. The fraction of sp³-hybridized carbons (Fsp3) is 0.429. The highest BCUT2D eigenvalue weighted by molar-refractivity contribution is 7.15. The Morgan fingerprint density at radius 1 is 1.43 bits per heavy atom. The Hall–Kier alpha value is -1.78. The molecule has 2 heterocycles. The minimum absolute atomic E-state index is 0.510. The summed E-state index contributed by atoms with van der Waals surface area (Å²) in [4.78, 5) is 4.30. The molecule has 0 aromatic carbocycles. The van der Waals surface area contributed by atoms with Crippen molar-refractivity contribution in [3.8, 4) is 6.07 Å². The Labute approximate surface area is 132 Å². The summed E-state index contributed by atoms with van der Waals surface area (Å²) in [5, 5.41) is 24.9. The van der Waals surface area contributed by atoms with Crippen molar-refractivity contribution in [2.24, 2.45) is 0 Å². The van der Waals surface area contributed by atoms with Gasteiger partial charge in [0.2, 0.25) is 5.13 Å². The molecule has 0 saturated carbocycles. The van der Waals surface area contributed by atoms with Crippen molar-refractivity contribution in [2.75, 3.05) is 5.32 Å². The number of hydrogen-bond acceptors (Lipinski definition) is 7. The van der Waals surface area contributed by atoms with Gasteiger partial charge < -0.3 is 5.32 Å². The molecule has 0 saturated heterocycles. The minimum atomic E-state index is 0.510. The summed E-state index contributed by atoms with van der Waals surface area (Å²) in [5.74, 6) is 0. The van der Waals surface area contributed by atoms with E-state index >= 15 is 0 Å². The molecule has 0 aliphatic rings. The first-order chi connectivity index (χ1) is 10.2. The number of thiazole rings is 1. The number of rotatable bonds is 7. The van der Waals surface area contributed by atoms with Crippen LogP contribution in [0.15, 0.2) is 11.6 Å². The van der Waals surface area contributed by atoms with Gasteiger partial charge in [-0.25, -0.2) is 4.98 Å². The Morgan fingerprint density at radius 2 is 2.29 bits per heavy atom. The second-order valence-electron chi connectivity index (χ2n) is 4.57. The van der Waals surface area contributed by atoms with Crippen LogP contribution in [0.2, 0.25) is 0 Å². The van der Waals surface area contributed by atoms with Crippen LogP contribution in [0.5, 0.6) is 0 Å². The Kier molecular flexibility index (Phi) is 5.84. The molecule has 110 valence electrons. The number of unbranched alkanes of at least 4 members (excludes halogenated alkanes) is 2. The van der Waals surface area contributed by atoms with Gasteiger partial charge in [0.25, 0.3) is 0 Å². The molecule has 2 aromatic heterocycles. The number of anilines is 1. The maximum Gasteiger partial charge on any atom is 0.209 e. The predicted octanol–water partition coefficient (Wildman–Crippen LogP) is 4.01. The summed E-state index contributed by atoms with van der Waals surface area (Å²) in [6.07, 6.45) is 6.17. The molecule has 1 N–H and O–H groups in total. The van der Waals surface area contributed by atoms with Gasteiger partial charge in [0.1, 0.15) is 21.7 Å². The van der Waals surface area contributed by atoms with E-state index < -0.39 is 0 Å². The SMILES string of the molecule is CCCCCc1nnc(N/C=C(\C#N)c2nc(C)cs2)s1. The maximum absolute atomic E-state index is 9.19. The van der Waals surface area contributed by atoms with Crippen molar-refractivity contribution < 1.29 is 0 Å². The van der Waals surface area contributed by atoms with Crippen LogP contribution in [0, 0.1) is 18.3 Å². The first-order valence-electron chi connectivity index (χ1n) is 6.84. The van der Waals surface area contributed by atoms with Crippen molar-refractivity contribution in [3.05, 3.63) is 27.3 Å². The highest BCUT2D eigenvalue weighted by Gasteiger charge is 2.07. The quantitative estimate of drug-likeness (QED) is 0.616. The van der Waals surface area contributed by atoms with Crippen molar-refractivity contribution in [1.29, 1.82) is 5.26 Å². The lowest BCUT2D eigenvalue weighted by atomic mass is 10.2. The molecule has 0 atom stereocenters. The van der Waals surface area contributed by atoms with E-state index in [4.69, 9.17) is 0 Å². The van der Waals surface area contributed by atoms with E-state index in [0.29, 0.717) is 10.7 Å². The molecule has 0 unspecified atom stereocenters. The van der Waals surface area contributed by atoms with Crippen molar-refractivity contribution in [2.45, 2.75) is 39.5 Å². The van der Waals surface area contributed by atoms with Crippen LogP contribution in [0.25, 0.3) is 5.57 Å². The third-order valence-corrected chi connectivity index (χ3v) is 4.68. The van der Waals surface area contributed by atoms with E-state index in [0.717, 1.165) is 28.6 Å². The number of nitriles is 1. The second kappa shape index (κ2) is 7.86. The number of aromatic nitrogens is 3. The van der Waals surface area contributed by atoms with Gasteiger partial charge in [-0.3, -0.25) is 0 Å². The number of aryl methyl sites for hydroxylation is 2. The van der Waals surface area contributed by atoms with E-state index in [-0.39, 0.29) is 0 Å². The van der Waals surface area contributed by atoms with E-state index in [2.05, 4.69) is 33.5 Å². The molecule has 0 fully saturated rings. The summed E-state index contributed by atoms with van der Waals surface area (Å²) in [7, 11) is 0. The monoisotopic (exact) mass is 319 g/mol. The number of allylic oxidation sites excluding steroid dienone is 1. The van der Waals surface area contributed by atoms with Crippen molar-refractivity contribution in [1.82, 2.24) is 15.2 Å². The zero-order valence-corrected chi connectivity index (χ0v) is 13.7. The Balaban J connectivity index is 1.98. The second-order valence-corrected chi connectivity index (χ2v) is 6.49. The average Bonchev–Trinajstić information content (AvgIpc) is 3.10. The lowest BCUT2D eigenvalue weighted by Crippen LogP contribution is -1.90. The molecule has 5 nitrogen and oxygen atoms in total. The van der Waals surface area contributed by atoms with Gasteiger partial charge >= 0.3 is 0 Å². The van der Waals surface area contributed by atoms with Gasteiger partial charge in [0, 0.05) is 23.7 Å². The molecule has 0 bridgehead atoms. The van der Waals surface area contributed by atoms with Crippen LogP contribution >= 0.6 is 22.7 Å². The molecule has 0 spiro atoms. The maximum atomic E-state index is 9.19. The summed E-state index contributed by atoms with van der Waals surface area (Å²) < 4.78 is 0. The van der Waals surface area contributed by atoms with E-state index in [9.17, 15) is 5.26 Å². The van der Waals surface area contributed by atoms with Gasteiger partial charge in [0.15, 0.2) is 0 Å². The standard InChI is InChI=1S/C14H17N5S2/c1-3-4-5-6-12-18-19-14(21-12)16-8-11(7-15)13-17-10(2)9-20-13/h8-9H,3-6H2,1-2H3,(H,16,19)/b11-8+. The predicted molar refractivity (Wildman–Crippen MR) is 87.2 cm³/mol. The number of nitrogens with zero attached hydrogens (tertiary/aromatic N) is 4. The van der Waals surface area contributed by atoms with Gasteiger partial charge in [-0.15, -0.1) is 21.5 Å². The molecular weight excluding hydrogens is 302 g/mol. The van der Waals surface area contributed by atoms with E-state index in [1.54, 1.807) is 6.20 Å². The normalized spacial score (nSPS) is 11.4. The lowest BCUT2D eigenvalue weighted by molar-refractivity contribution is 0.710. The zero-order chi connectivity index (χ0) is 15.1. The topological polar surface area (TPSA) is 74.5 Å². The van der Waals surface area contributed by atoms with Crippen LogP contribution in [0.3, 0.4) is 0 Å². The van der Waals surface area contributed by atoms with Gasteiger partial charge in [-0.1, -0.05) is 31.1 Å². The van der Waals surface area contributed by atoms with Gasteiger partial charge in [-0.05, 0) is 13.3 Å². The van der Waals surface area contributed by atoms with Crippen LogP contribution in [-0.4, -0.2) is 15.2 Å². The highest BCUT2D eigenvalue weighted by atomic mass is 32.1. The molecular formula is C14H17N5S2. The van der Waals surface area contributed by atoms with E-state index in [1.807, 2.05) is 12.3 Å². The van der Waals surface area contributed by atoms with Crippen LogP contribution in [0.1, 0.15) is 41.9 Å². The smallest absolute Gasteiger partial charge is 0.209 e. The first-order valence-corrected chi connectivity index (χ1v) is 8.54. The van der Waals surface area contributed by atoms with Crippen LogP contribution < -0.4 is 5.32 Å². The molecule has 0 radical (unpaired) electrons.